The first-order valence-electron chi connectivity index (χ1n) is 8.58. The molecule has 0 bridgehead atoms. The van der Waals surface area contributed by atoms with E-state index in [2.05, 4.69) is 10.3 Å². The molecule has 0 aliphatic carbocycles. The highest BCUT2D eigenvalue weighted by molar-refractivity contribution is 5.79. The third-order valence-electron chi connectivity index (χ3n) is 3.92. The van der Waals surface area contributed by atoms with E-state index >= 15 is 0 Å². The Balaban J connectivity index is 2.52. The van der Waals surface area contributed by atoms with Crippen LogP contribution >= 0.6 is 0 Å². The van der Waals surface area contributed by atoms with Crippen LogP contribution in [0.2, 0.25) is 0 Å². The molecule has 0 spiro atoms. The van der Waals surface area contributed by atoms with Crippen LogP contribution in [0.5, 0.6) is 11.5 Å². The summed E-state index contributed by atoms with van der Waals surface area (Å²) in [6.07, 6.45) is -3.60. The van der Waals surface area contributed by atoms with Crippen molar-refractivity contribution in [3.05, 3.63) is 23.8 Å². The van der Waals surface area contributed by atoms with Crippen LogP contribution in [0.15, 0.2) is 23.2 Å². The molecular weight excluding hydrogens is 361 g/mol. The van der Waals surface area contributed by atoms with Crippen LogP contribution in [0.1, 0.15) is 12.0 Å². The van der Waals surface area contributed by atoms with Crippen LogP contribution < -0.4 is 14.8 Å². The van der Waals surface area contributed by atoms with Gasteiger partial charge >= 0.3 is 6.18 Å². The standard InChI is InChI=1S/C18H29F3N4O2/c1-22-17(23-9-6-10-24(2)13-18(19,20)21)25(3)12-14-7-8-15(26-4)11-16(14)27-5/h7-8,11H,6,9-10,12-13H2,1-5H3,(H,22,23). The van der Waals surface area contributed by atoms with Crippen LogP contribution in [-0.2, 0) is 6.54 Å². The molecule has 27 heavy (non-hydrogen) atoms. The molecule has 0 fully saturated rings. The first-order valence-corrected chi connectivity index (χ1v) is 8.58. The van der Waals surface area contributed by atoms with Crippen molar-refractivity contribution in [3.63, 3.8) is 0 Å². The van der Waals surface area contributed by atoms with Crippen LogP contribution in [0.3, 0.4) is 0 Å². The number of guanidine groups is 1. The first-order chi connectivity index (χ1) is 12.7. The summed E-state index contributed by atoms with van der Waals surface area (Å²) in [5.74, 6) is 2.08. The maximum atomic E-state index is 12.3. The SMILES string of the molecule is CN=C(NCCCN(C)CC(F)(F)F)N(C)Cc1ccc(OC)cc1OC. The number of rotatable bonds is 9. The maximum Gasteiger partial charge on any atom is 0.401 e. The Hall–Kier alpha value is -2.16. The fraction of sp³-hybridized carbons (Fsp3) is 0.611. The molecule has 0 saturated heterocycles. The molecule has 1 rings (SSSR count). The number of aliphatic imine (C=N–C) groups is 1. The highest BCUT2D eigenvalue weighted by atomic mass is 19.4. The largest absolute Gasteiger partial charge is 0.497 e. The fourth-order valence-electron chi connectivity index (χ4n) is 2.63. The predicted octanol–water partition coefficient (Wildman–Crippen LogP) is 2.60. The van der Waals surface area contributed by atoms with Gasteiger partial charge in [-0.05, 0) is 32.1 Å². The Bertz CT molecular complexity index is 609. The predicted molar refractivity (Wildman–Crippen MR) is 101 cm³/mol. The fourth-order valence-corrected chi connectivity index (χ4v) is 2.63. The normalized spacial score (nSPS) is 12.3. The third kappa shape index (κ3) is 8.38. The molecule has 0 radical (unpaired) electrons. The van der Waals surface area contributed by atoms with Crippen LogP contribution in [-0.4, -0.2) is 76.9 Å². The lowest BCUT2D eigenvalue weighted by atomic mass is 10.2. The molecule has 154 valence electrons. The molecule has 0 unspecified atom stereocenters. The quantitative estimate of drug-likeness (QED) is 0.399. The molecule has 0 amide bonds. The molecule has 0 aliphatic heterocycles. The van der Waals surface area contributed by atoms with Crippen LogP contribution in [0.25, 0.3) is 0 Å². The van der Waals surface area contributed by atoms with Crippen molar-refractivity contribution in [3.8, 4) is 11.5 Å². The smallest absolute Gasteiger partial charge is 0.401 e. The topological polar surface area (TPSA) is 49.3 Å². The summed E-state index contributed by atoms with van der Waals surface area (Å²) in [4.78, 5) is 7.40. The van der Waals surface area contributed by atoms with Gasteiger partial charge in [-0.2, -0.15) is 13.2 Å². The Morgan fingerprint density at radius 2 is 1.89 bits per heavy atom. The van der Waals surface area contributed by atoms with Gasteiger partial charge in [0.15, 0.2) is 5.96 Å². The number of benzene rings is 1. The van der Waals surface area contributed by atoms with Gasteiger partial charge in [0.25, 0.3) is 0 Å². The van der Waals surface area contributed by atoms with Gasteiger partial charge in [-0.3, -0.25) is 9.89 Å². The summed E-state index contributed by atoms with van der Waals surface area (Å²) in [6, 6.07) is 5.60. The molecule has 9 heteroatoms. The Morgan fingerprint density at radius 1 is 1.19 bits per heavy atom. The van der Waals surface area contributed by atoms with E-state index < -0.39 is 12.7 Å². The second-order valence-corrected chi connectivity index (χ2v) is 6.21. The van der Waals surface area contributed by atoms with E-state index in [0.29, 0.717) is 43.5 Å². The van der Waals surface area contributed by atoms with E-state index in [1.165, 1.54) is 11.9 Å². The van der Waals surface area contributed by atoms with Crippen molar-refractivity contribution >= 4 is 5.96 Å². The minimum absolute atomic E-state index is 0.347. The number of nitrogens with zero attached hydrogens (tertiary/aromatic N) is 3. The number of halogens is 3. The number of methoxy groups -OCH3 is 2. The van der Waals surface area contributed by atoms with Gasteiger partial charge in [0, 0.05) is 38.8 Å². The van der Waals surface area contributed by atoms with Crippen molar-refractivity contribution in [1.29, 1.82) is 0 Å². The van der Waals surface area contributed by atoms with Gasteiger partial charge in [-0.15, -0.1) is 0 Å². The van der Waals surface area contributed by atoms with Gasteiger partial charge in [0.2, 0.25) is 0 Å². The van der Waals surface area contributed by atoms with Gasteiger partial charge in [0.05, 0.1) is 20.8 Å². The lowest BCUT2D eigenvalue weighted by molar-refractivity contribution is -0.143. The molecular formula is C18H29F3N4O2. The van der Waals surface area contributed by atoms with E-state index in [9.17, 15) is 13.2 Å². The zero-order valence-electron chi connectivity index (χ0n) is 16.6. The molecule has 0 saturated carbocycles. The summed E-state index contributed by atoms with van der Waals surface area (Å²) in [5.41, 5.74) is 0.966. The summed E-state index contributed by atoms with van der Waals surface area (Å²) in [6.45, 7) is 0.526. The molecule has 1 aromatic rings. The summed E-state index contributed by atoms with van der Waals surface area (Å²) in [5, 5.41) is 3.17. The van der Waals surface area contributed by atoms with Gasteiger partial charge < -0.3 is 19.7 Å². The van der Waals surface area contributed by atoms with Gasteiger partial charge in [0.1, 0.15) is 11.5 Å². The highest BCUT2D eigenvalue weighted by Gasteiger charge is 2.28. The van der Waals surface area contributed by atoms with Gasteiger partial charge in [-0.1, -0.05) is 0 Å². The minimum Gasteiger partial charge on any atom is -0.497 e. The molecule has 6 nitrogen and oxygen atoms in total. The van der Waals surface area contributed by atoms with Crippen molar-refractivity contribution < 1.29 is 22.6 Å². The summed E-state index contributed by atoms with van der Waals surface area (Å²) >= 11 is 0. The molecule has 0 aromatic heterocycles. The Kier molecular flexibility index (Phi) is 9.20. The number of nitrogens with one attached hydrogen (secondary N) is 1. The van der Waals surface area contributed by atoms with Crippen molar-refractivity contribution in [2.75, 3.05) is 55.0 Å². The molecule has 1 N–H and O–H groups in total. The number of alkyl halides is 3. The number of hydrogen-bond donors (Lipinski definition) is 1. The average Bonchev–Trinajstić information content (AvgIpc) is 2.60. The Labute approximate surface area is 158 Å². The molecule has 0 atom stereocenters. The average molecular weight is 390 g/mol. The summed E-state index contributed by atoms with van der Waals surface area (Å²) in [7, 11) is 8.21. The van der Waals surface area contributed by atoms with Crippen LogP contribution in [0, 0.1) is 0 Å². The molecule has 1 aromatic carbocycles. The highest BCUT2D eigenvalue weighted by Crippen LogP contribution is 2.25. The first kappa shape index (κ1) is 22.9. The van der Waals surface area contributed by atoms with Crippen LogP contribution in [0.4, 0.5) is 13.2 Å². The van der Waals surface area contributed by atoms with Gasteiger partial charge in [-0.25, -0.2) is 0 Å². The van der Waals surface area contributed by atoms with Crippen molar-refractivity contribution in [2.24, 2.45) is 4.99 Å². The zero-order valence-corrected chi connectivity index (χ0v) is 16.6. The lowest BCUT2D eigenvalue weighted by Crippen LogP contribution is -2.40. The van der Waals surface area contributed by atoms with E-state index in [1.807, 2.05) is 30.1 Å². The lowest BCUT2D eigenvalue weighted by Gasteiger charge is -2.24. The number of ether oxygens (including phenoxy) is 2. The minimum atomic E-state index is -4.17. The molecule has 0 aliphatic rings. The zero-order chi connectivity index (χ0) is 20.4. The summed E-state index contributed by atoms with van der Waals surface area (Å²) < 4.78 is 47.6. The number of hydrogen-bond acceptors (Lipinski definition) is 4. The Morgan fingerprint density at radius 3 is 2.44 bits per heavy atom. The second-order valence-electron chi connectivity index (χ2n) is 6.21. The second kappa shape index (κ2) is 10.9. The van der Waals surface area contributed by atoms with E-state index in [4.69, 9.17) is 9.47 Å². The van der Waals surface area contributed by atoms with E-state index in [1.54, 1.807) is 21.3 Å². The molecule has 0 heterocycles. The van der Waals surface area contributed by atoms with E-state index in [0.717, 1.165) is 5.56 Å². The van der Waals surface area contributed by atoms with Crippen molar-refractivity contribution in [2.45, 2.75) is 19.1 Å². The monoisotopic (exact) mass is 390 g/mol. The van der Waals surface area contributed by atoms with E-state index in [-0.39, 0.29) is 0 Å². The van der Waals surface area contributed by atoms with Crippen molar-refractivity contribution in [1.82, 2.24) is 15.1 Å². The maximum absolute atomic E-state index is 12.3. The third-order valence-corrected chi connectivity index (χ3v) is 3.92.